The molecule has 1 aromatic heterocycles. The molecule has 0 bridgehead atoms. The fourth-order valence-corrected chi connectivity index (χ4v) is 2.24. The zero-order valence-electron chi connectivity index (χ0n) is 7.42. The molecule has 0 atom stereocenters. The van der Waals surface area contributed by atoms with E-state index in [1.807, 2.05) is 0 Å². The molecular formula is C9H6BrClFN3. The monoisotopic (exact) mass is 289 g/mol. The Kier molecular flexibility index (Phi) is 2.67. The van der Waals surface area contributed by atoms with Gasteiger partial charge in [0, 0.05) is 16.7 Å². The first-order valence-corrected chi connectivity index (χ1v) is 5.21. The lowest BCUT2D eigenvalue weighted by Gasteiger charge is -2.06. The molecular weight excluding hydrogens is 284 g/mol. The van der Waals surface area contributed by atoms with Crippen molar-refractivity contribution in [1.29, 1.82) is 0 Å². The molecule has 2 rings (SSSR count). The summed E-state index contributed by atoms with van der Waals surface area (Å²) in [5.74, 6) is -0.0296. The van der Waals surface area contributed by atoms with Crippen molar-refractivity contribution in [2.45, 2.75) is 0 Å². The van der Waals surface area contributed by atoms with E-state index < -0.39 is 5.82 Å². The van der Waals surface area contributed by atoms with Crippen molar-refractivity contribution < 1.29 is 4.39 Å². The number of aromatic nitrogens is 2. The zero-order chi connectivity index (χ0) is 11.0. The highest BCUT2D eigenvalue weighted by Gasteiger charge is 2.10. The highest BCUT2D eigenvalue weighted by molar-refractivity contribution is 9.10. The highest BCUT2D eigenvalue weighted by atomic mass is 79.9. The maximum atomic E-state index is 13.0. The Morgan fingerprint density at radius 3 is 2.73 bits per heavy atom. The molecule has 0 saturated heterocycles. The summed E-state index contributed by atoms with van der Waals surface area (Å²) in [7, 11) is 0. The van der Waals surface area contributed by atoms with Crippen molar-refractivity contribution in [3.63, 3.8) is 0 Å². The fraction of sp³-hybridized carbons (Fsp3) is 0. The predicted octanol–water partition coefficient (Wildman–Crippen LogP) is 3.01. The molecule has 0 spiro atoms. The number of benzene rings is 1. The molecule has 15 heavy (non-hydrogen) atoms. The maximum Gasteiger partial charge on any atom is 0.145 e. The smallest absolute Gasteiger partial charge is 0.145 e. The van der Waals surface area contributed by atoms with Gasteiger partial charge in [-0.25, -0.2) is 9.07 Å². The van der Waals surface area contributed by atoms with Crippen LogP contribution < -0.4 is 5.73 Å². The minimum absolute atomic E-state index is 0.268. The van der Waals surface area contributed by atoms with Crippen LogP contribution in [0.4, 0.5) is 10.2 Å². The van der Waals surface area contributed by atoms with Crippen LogP contribution in [-0.2, 0) is 0 Å². The van der Waals surface area contributed by atoms with Gasteiger partial charge in [0.25, 0.3) is 0 Å². The van der Waals surface area contributed by atoms with E-state index in [-0.39, 0.29) is 5.02 Å². The molecule has 0 radical (unpaired) electrons. The molecule has 0 unspecified atom stereocenters. The number of halogens is 3. The molecule has 2 N–H and O–H groups in total. The third kappa shape index (κ3) is 1.98. The third-order valence-corrected chi connectivity index (χ3v) is 2.71. The molecule has 0 aliphatic rings. The van der Waals surface area contributed by atoms with Crippen molar-refractivity contribution in [1.82, 2.24) is 9.78 Å². The lowest BCUT2D eigenvalue weighted by molar-refractivity contribution is 0.626. The van der Waals surface area contributed by atoms with Gasteiger partial charge >= 0.3 is 0 Å². The number of hydrogen-bond donors (Lipinski definition) is 1. The van der Waals surface area contributed by atoms with Crippen molar-refractivity contribution in [2.75, 3.05) is 5.73 Å². The van der Waals surface area contributed by atoms with Crippen molar-refractivity contribution in [2.24, 2.45) is 0 Å². The summed E-state index contributed by atoms with van der Waals surface area (Å²) in [6.07, 6.45) is 1.65. The first kappa shape index (κ1) is 10.4. The van der Waals surface area contributed by atoms with Crippen molar-refractivity contribution >= 4 is 33.3 Å². The molecule has 78 valence electrons. The summed E-state index contributed by atoms with van der Waals surface area (Å²) in [6.45, 7) is 0. The van der Waals surface area contributed by atoms with Gasteiger partial charge in [0.15, 0.2) is 0 Å². The minimum Gasteiger partial charge on any atom is -0.382 e. The normalized spacial score (nSPS) is 10.6. The largest absolute Gasteiger partial charge is 0.382 e. The van der Waals surface area contributed by atoms with Gasteiger partial charge in [0.1, 0.15) is 11.6 Å². The van der Waals surface area contributed by atoms with Gasteiger partial charge in [-0.15, -0.1) is 0 Å². The third-order valence-electron chi connectivity index (χ3n) is 1.82. The molecule has 0 amide bonds. The molecule has 0 fully saturated rings. The Labute approximate surface area is 98.8 Å². The SMILES string of the molecule is Nc1ccn(-c2c(Cl)cc(F)cc2Br)n1. The Bertz CT molecular complexity index is 489. The summed E-state index contributed by atoms with van der Waals surface area (Å²) < 4.78 is 15.0. The molecule has 0 aliphatic heterocycles. The number of nitrogens with two attached hydrogens (primary N) is 1. The Hall–Kier alpha value is -1.07. The van der Waals surface area contributed by atoms with Crippen LogP contribution in [0, 0.1) is 5.82 Å². The quantitative estimate of drug-likeness (QED) is 0.877. The van der Waals surface area contributed by atoms with E-state index in [9.17, 15) is 4.39 Å². The van der Waals surface area contributed by atoms with Crippen LogP contribution in [0.15, 0.2) is 28.9 Å². The summed E-state index contributed by atoms with van der Waals surface area (Å²) in [5.41, 5.74) is 6.05. The van der Waals surface area contributed by atoms with E-state index >= 15 is 0 Å². The van der Waals surface area contributed by atoms with E-state index in [0.717, 1.165) is 0 Å². The highest BCUT2D eigenvalue weighted by Crippen LogP contribution is 2.29. The molecule has 3 nitrogen and oxygen atoms in total. The summed E-state index contributed by atoms with van der Waals surface area (Å²) >= 11 is 9.12. The van der Waals surface area contributed by atoms with Gasteiger partial charge in [0.05, 0.1) is 10.7 Å². The lowest BCUT2D eigenvalue weighted by Crippen LogP contribution is -1.99. The fourth-order valence-electron chi connectivity index (χ4n) is 1.22. The standard InChI is InChI=1S/C9H6BrClFN3/c10-6-3-5(12)4-7(11)9(6)15-2-1-8(13)14-15/h1-4H,(H2,13,14). The Balaban J connectivity index is 2.62. The van der Waals surface area contributed by atoms with Gasteiger partial charge in [-0.1, -0.05) is 11.6 Å². The summed E-state index contributed by atoms with van der Waals surface area (Å²) in [4.78, 5) is 0. The van der Waals surface area contributed by atoms with E-state index in [1.54, 1.807) is 12.3 Å². The number of nitrogens with zero attached hydrogens (tertiary/aromatic N) is 2. The molecule has 0 aliphatic carbocycles. The number of hydrogen-bond acceptors (Lipinski definition) is 2. The van der Waals surface area contributed by atoms with Crippen LogP contribution in [0.2, 0.25) is 5.02 Å². The van der Waals surface area contributed by atoms with E-state index in [4.69, 9.17) is 17.3 Å². The van der Waals surface area contributed by atoms with E-state index in [1.165, 1.54) is 16.8 Å². The van der Waals surface area contributed by atoms with Crippen LogP contribution in [0.25, 0.3) is 5.69 Å². The summed E-state index contributed by atoms with van der Waals surface area (Å²) in [5, 5.41) is 4.26. The second-order valence-corrected chi connectivity index (χ2v) is 4.16. The van der Waals surface area contributed by atoms with Gasteiger partial charge in [-0.3, -0.25) is 0 Å². The minimum atomic E-state index is -0.407. The molecule has 1 aromatic carbocycles. The van der Waals surface area contributed by atoms with Crippen LogP contribution in [0.5, 0.6) is 0 Å². The Morgan fingerprint density at radius 2 is 2.20 bits per heavy atom. The lowest BCUT2D eigenvalue weighted by atomic mass is 10.3. The van der Waals surface area contributed by atoms with Gasteiger partial charge in [-0.05, 0) is 28.1 Å². The number of nitrogen functional groups attached to an aromatic ring is 1. The zero-order valence-corrected chi connectivity index (χ0v) is 9.76. The Morgan fingerprint density at radius 1 is 1.47 bits per heavy atom. The van der Waals surface area contributed by atoms with Crippen LogP contribution in [0.3, 0.4) is 0 Å². The van der Waals surface area contributed by atoms with Crippen LogP contribution in [0.1, 0.15) is 0 Å². The average Bonchev–Trinajstić information content (AvgIpc) is 2.49. The van der Waals surface area contributed by atoms with Gasteiger partial charge in [-0.2, -0.15) is 5.10 Å². The first-order valence-electron chi connectivity index (χ1n) is 4.04. The topological polar surface area (TPSA) is 43.8 Å². The van der Waals surface area contributed by atoms with Gasteiger partial charge < -0.3 is 5.73 Å². The second-order valence-electron chi connectivity index (χ2n) is 2.90. The second kappa shape index (κ2) is 3.83. The van der Waals surface area contributed by atoms with Gasteiger partial charge in [0.2, 0.25) is 0 Å². The molecule has 1 heterocycles. The average molecular weight is 291 g/mol. The van der Waals surface area contributed by atoms with Crippen LogP contribution >= 0.6 is 27.5 Å². The van der Waals surface area contributed by atoms with E-state index in [2.05, 4.69) is 21.0 Å². The van der Waals surface area contributed by atoms with Crippen molar-refractivity contribution in [3.8, 4) is 5.69 Å². The molecule has 2 aromatic rings. The maximum absolute atomic E-state index is 13.0. The van der Waals surface area contributed by atoms with Crippen molar-refractivity contribution in [3.05, 3.63) is 39.7 Å². The molecule has 0 saturated carbocycles. The molecule has 6 heteroatoms. The first-order chi connectivity index (χ1) is 7.08. The summed E-state index contributed by atoms with van der Waals surface area (Å²) in [6, 6.07) is 4.17. The van der Waals surface area contributed by atoms with Crippen LogP contribution in [-0.4, -0.2) is 9.78 Å². The number of rotatable bonds is 1. The number of anilines is 1. The van der Waals surface area contributed by atoms with E-state index in [0.29, 0.717) is 16.0 Å². The predicted molar refractivity (Wildman–Crippen MR) is 60.6 cm³/mol.